The molecule has 0 aromatic heterocycles. The predicted molar refractivity (Wildman–Crippen MR) is 151 cm³/mol. The third-order valence-corrected chi connectivity index (χ3v) is 6.50. The van der Waals surface area contributed by atoms with E-state index < -0.39 is 11.9 Å². The van der Waals surface area contributed by atoms with E-state index in [2.05, 4.69) is 54.8 Å². The Balaban J connectivity index is 0.000000436. The van der Waals surface area contributed by atoms with Gasteiger partial charge in [0.1, 0.15) is 11.5 Å². The molecule has 0 atom stereocenters. The lowest BCUT2D eigenvalue weighted by molar-refractivity contribution is -0.143. The number of benzene rings is 3. The Morgan fingerprint density at radius 3 is 2.29 bits per heavy atom. The molecule has 3 aromatic carbocycles. The fourth-order valence-corrected chi connectivity index (χ4v) is 4.33. The van der Waals surface area contributed by atoms with Crippen LogP contribution in [0.3, 0.4) is 0 Å². The summed E-state index contributed by atoms with van der Waals surface area (Å²) in [5.74, 6) is 0.0502. The highest BCUT2D eigenvalue weighted by Gasteiger charge is 2.14. The Morgan fingerprint density at radius 2 is 1.63 bits per heavy atom. The first-order chi connectivity index (χ1) is 18.2. The molecule has 0 saturated carbocycles. The molecule has 0 unspecified atom stereocenters. The Bertz CT molecular complexity index is 1210. The van der Waals surface area contributed by atoms with Gasteiger partial charge in [-0.2, -0.15) is 0 Å². The zero-order valence-electron chi connectivity index (χ0n) is 21.8. The molecule has 0 amide bonds. The maximum absolute atomic E-state index is 9.64. The minimum absolute atomic E-state index is 0.296. The van der Waals surface area contributed by atoms with Crippen LogP contribution in [-0.2, 0) is 29.0 Å². The van der Waals surface area contributed by atoms with Crippen LogP contribution in [0.1, 0.15) is 54.9 Å². The van der Waals surface area contributed by atoms with Crippen molar-refractivity contribution in [1.82, 2.24) is 5.32 Å². The highest BCUT2D eigenvalue weighted by atomic mass is 35.5. The highest BCUT2D eigenvalue weighted by molar-refractivity contribution is 6.33. The van der Waals surface area contributed by atoms with Gasteiger partial charge in [-0.1, -0.05) is 55.8 Å². The highest BCUT2D eigenvalue weighted by Crippen LogP contribution is 2.31. The van der Waals surface area contributed by atoms with Crippen molar-refractivity contribution in [2.75, 3.05) is 18.4 Å². The van der Waals surface area contributed by atoms with Crippen LogP contribution in [0.25, 0.3) is 0 Å². The number of carboxylic acids is 2. The monoisotopic (exact) mass is 538 g/mol. The summed E-state index contributed by atoms with van der Waals surface area (Å²) in [5.41, 5.74) is 6.28. The number of hydrogen-bond donors (Lipinski definition) is 4. The Morgan fingerprint density at radius 1 is 0.947 bits per heavy atom. The van der Waals surface area contributed by atoms with Crippen LogP contribution in [0, 0.1) is 0 Å². The van der Waals surface area contributed by atoms with Gasteiger partial charge in [-0.15, -0.1) is 0 Å². The summed E-state index contributed by atoms with van der Waals surface area (Å²) in [6.07, 6.45) is 1.45. The lowest BCUT2D eigenvalue weighted by Crippen LogP contribution is -2.16. The van der Waals surface area contributed by atoms with Gasteiger partial charge in [-0.25, -0.2) is 0 Å². The standard InChI is InChI=1S/C26H29ClN2O.C4H6O4/c1-18(2)21-4-3-5-23(16-21)30-22-9-6-19(7-10-22)17-29-26-24-13-15-28-14-12-20(24)8-11-25(26)27;5-3(6)1-2-4(7)8/h3-11,16,18,28-29H,12-15,17H2,1-2H3;1-2H2,(H,5,6)(H,7,8). The number of carboxylic acid groups (broad SMARTS) is 2. The third-order valence-electron chi connectivity index (χ3n) is 6.19. The molecule has 7 nitrogen and oxygen atoms in total. The van der Waals surface area contributed by atoms with E-state index >= 15 is 0 Å². The molecule has 38 heavy (non-hydrogen) atoms. The SMILES string of the molecule is CC(C)c1cccc(Oc2ccc(CNc3c(Cl)ccc4c3CCNCC4)cc2)c1.O=C(O)CCC(=O)O. The van der Waals surface area contributed by atoms with Gasteiger partial charge in [-0.05, 0) is 84.4 Å². The van der Waals surface area contributed by atoms with Gasteiger partial charge in [0.25, 0.3) is 0 Å². The van der Waals surface area contributed by atoms with Crippen molar-refractivity contribution in [2.45, 2.75) is 52.0 Å². The van der Waals surface area contributed by atoms with Crippen LogP contribution in [0.4, 0.5) is 5.69 Å². The van der Waals surface area contributed by atoms with Crippen molar-refractivity contribution in [2.24, 2.45) is 0 Å². The van der Waals surface area contributed by atoms with Crippen molar-refractivity contribution in [3.05, 3.63) is 87.9 Å². The first-order valence-electron chi connectivity index (χ1n) is 12.8. The second kappa shape index (κ2) is 14.4. The van der Waals surface area contributed by atoms with E-state index in [0.29, 0.717) is 5.92 Å². The molecule has 0 radical (unpaired) electrons. The van der Waals surface area contributed by atoms with E-state index in [1.165, 1.54) is 22.3 Å². The molecular weight excluding hydrogens is 504 g/mol. The Hall–Kier alpha value is -3.55. The molecule has 1 aliphatic rings. The molecule has 8 heteroatoms. The van der Waals surface area contributed by atoms with Crippen molar-refractivity contribution >= 4 is 29.2 Å². The van der Waals surface area contributed by atoms with Crippen molar-refractivity contribution < 1.29 is 24.5 Å². The number of carbonyl (C=O) groups is 2. The minimum atomic E-state index is -1.08. The number of rotatable bonds is 9. The summed E-state index contributed by atoms with van der Waals surface area (Å²) >= 11 is 6.53. The average molecular weight is 539 g/mol. The molecule has 3 aromatic rings. The maximum Gasteiger partial charge on any atom is 0.303 e. The van der Waals surface area contributed by atoms with Gasteiger partial charge >= 0.3 is 11.9 Å². The Labute approximate surface area is 228 Å². The van der Waals surface area contributed by atoms with Gasteiger partial charge in [0, 0.05) is 6.54 Å². The number of aliphatic carboxylic acids is 2. The second-order valence-electron chi connectivity index (χ2n) is 9.42. The van der Waals surface area contributed by atoms with Crippen LogP contribution in [0.15, 0.2) is 60.7 Å². The van der Waals surface area contributed by atoms with Gasteiger partial charge in [0.15, 0.2) is 0 Å². The zero-order chi connectivity index (χ0) is 27.5. The molecule has 4 rings (SSSR count). The van der Waals surface area contributed by atoms with E-state index in [0.717, 1.165) is 54.7 Å². The average Bonchev–Trinajstić information content (AvgIpc) is 3.14. The maximum atomic E-state index is 9.64. The molecule has 0 bridgehead atoms. The van der Waals surface area contributed by atoms with E-state index in [4.69, 9.17) is 26.6 Å². The number of ether oxygens (including phenoxy) is 1. The van der Waals surface area contributed by atoms with E-state index in [-0.39, 0.29) is 12.8 Å². The zero-order valence-corrected chi connectivity index (χ0v) is 22.6. The molecule has 202 valence electrons. The van der Waals surface area contributed by atoms with Crippen LogP contribution < -0.4 is 15.4 Å². The lowest BCUT2D eigenvalue weighted by atomic mass is 10.0. The molecule has 1 heterocycles. The lowest BCUT2D eigenvalue weighted by Gasteiger charge is -2.16. The van der Waals surface area contributed by atoms with Crippen molar-refractivity contribution in [3.8, 4) is 11.5 Å². The molecular formula is C30H35ClN2O5. The van der Waals surface area contributed by atoms with Crippen molar-refractivity contribution in [3.63, 3.8) is 0 Å². The van der Waals surface area contributed by atoms with Gasteiger partial charge in [0.2, 0.25) is 0 Å². The van der Waals surface area contributed by atoms with E-state index in [9.17, 15) is 9.59 Å². The number of nitrogens with one attached hydrogen (secondary N) is 2. The molecule has 0 spiro atoms. The fourth-order valence-electron chi connectivity index (χ4n) is 4.09. The fraction of sp³-hybridized carbons (Fsp3) is 0.333. The van der Waals surface area contributed by atoms with Crippen LogP contribution >= 0.6 is 11.6 Å². The molecule has 4 N–H and O–H groups in total. The smallest absolute Gasteiger partial charge is 0.303 e. The van der Waals surface area contributed by atoms with Gasteiger partial charge in [-0.3, -0.25) is 9.59 Å². The van der Waals surface area contributed by atoms with Gasteiger partial charge < -0.3 is 25.6 Å². The topological polar surface area (TPSA) is 108 Å². The third kappa shape index (κ3) is 9.08. The molecule has 0 fully saturated rings. The Kier molecular flexibility index (Phi) is 11.0. The van der Waals surface area contributed by atoms with Crippen LogP contribution in [0.2, 0.25) is 5.02 Å². The summed E-state index contributed by atoms with van der Waals surface area (Å²) in [5, 5.41) is 23.6. The summed E-state index contributed by atoms with van der Waals surface area (Å²) < 4.78 is 6.05. The predicted octanol–water partition coefficient (Wildman–Crippen LogP) is 6.49. The number of halogens is 1. The molecule has 1 aliphatic heterocycles. The second-order valence-corrected chi connectivity index (χ2v) is 9.83. The normalized spacial score (nSPS) is 12.5. The summed E-state index contributed by atoms with van der Waals surface area (Å²) in [4.78, 5) is 19.3. The first-order valence-corrected chi connectivity index (χ1v) is 13.2. The first kappa shape index (κ1) is 29.0. The summed E-state index contributed by atoms with van der Waals surface area (Å²) in [7, 11) is 0. The largest absolute Gasteiger partial charge is 0.481 e. The van der Waals surface area contributed by atoms with Crippen LogP contribution in [-0.4, -0.2) is 35.2 Å². The van der Waals surface area contributed by atoms with E-state index in [1.807, 2.05) is 30.3 Å². The van der Waals surface area contributed by atoms with Gasteiger partial charge in [0.05, 0.1) is 23.6 Å². The van der Waals surface area contributed by atoms with Crippen molar-refractivity contribution in [1.29, 1.82) is 0 Å². The summed E-state index contributed by atoms with van der Waals surface area (Å²) in [6, 6.07) is 20.7. The minimum Gasteiger partial charge on any atom is -0.481 e. The molecule has 0 aliphatic carbocycles. The van der Waals surface area contributed by atoms with Crippen LogP contribution in [0.5, 0.6) is 11.5 Å². The number of anilines is 1. The summed E-state index contributed by atoms with van der Waals surface area (Å²) in [6.45, 7) is 7.12. The van der Waals surface area contributed by atoms with E-state index in [1.54, 1.807) is 0 Å². The number of fused-ring (bicyclic) bond motifs is 1. The quantitative estimate of drug-likeness (QED) is 0.246. The molecule has 0 saturated heterocycles. The number of hydrogen-bond acceptors (Lipinski definition) is 5.